The number of fused-ring (bicyclic) bond motifs is 1. The van der Waals surface area contributed by atoms with Crippen molar-refractivity contribution in [3.63, 3.8) is 0 Å². The van der Waals surface area contributed by atoms with Crippen molar-refractivity contribution in [1.82, 2.24) is 0 Å². The minimum absolute atomic E-state index is 0.559. The molecule has 2 aliphatic heterocycles. The topological polar surface area (TPSA) is 165 Å². The van der Waals surface area contributed by atoms with Gasteiger partial charge in [0.2, 0.25) is 0 Å². The second kappa shape index (κ2) is 6.14. The van der Waals surface area contributed by atoms with E-state index < -0.39 is 50.9 Å². The number of aliphatic hydroxyl groups excluding tert-OH is 2. The van der Waals surface area contributed by atoms with Gasteiger partial charge in [0, 0.05) is 0 Å². The van der Waals surface area contributed by atoms with Gasteiger partial charge < -0.3 is 24.4 Å². The van der Waals surface area contributed by atoms with Crippen LogP contribution >= 0.6 is 7.82 Å². The fourth-order valence-corrected chi connectivity index (χ4v) is 2.69. The van der Waals surface area contributed by atoms with Crippen LogP contribution in [0, 0.1) is 0 Å². The second-order valence-corrected chi connectivity index (χ2v) is 6.66. The normalized spacial score (nSPS) is 36.7. The Balaban J connectivity index is 1.91. The third kappa shape index (κ3) is 3.60. The van der Waals surface area contributed by atoms with Crippen LogP contribution in [0.3, 0.4) is 0 Å². The zero-order chi connectivity index (χ0) is 15.8. The van der Waals surface area contributed by atoms with Gasteiger partial charge >= 0.3 is 7.82 Å². The summed E-state index contributed by atoms with van der Waals surface area (Å²) >= 11 is 0. The highest BCUT2D eigenvalue weighted by molar-refractivity contribution is 7.48. The lowest BCUT2D eigenvalue weighted by Crippen LogP contribution is -2.42. The van der Waals surface area contributed by atoms with Crippen molar-refractivity contribution >= 4 is 7.82 Å². The monoisotopic (exact) mass is 330 g/mol. The van der Waals surface area contributed by atoms with Gasteiger partial charge in [-0.3, -0.25) is 4.52 Å². The molecule has 0 saturated carbocycles. The summed E-state index contributed by atoms with van der Waals surface area (Å²) in [6, 6.07) is 0. The van der Waals surface area contributed by atoms with E-state index in [1.807, 2.05) is 0 Å². The van der Waals surface area contributed by atoms with Crippen molar-refractivity contribution in [2.75, 3.05) is 6.61 Å². The molecule has 6 N–H and O–H groups in total. The average Bonchev–Trinajstić information content (AvgIpc) is 2.89. The molecule has 2 saturated heterocycles. The van der Waals surface area contributed by atoms with E-state index in [9.17, 15) is 14.8 Å². The molecule has 0 bridgehead atoms. The maximum atomic E-state index is 11.5. The first-order valence-corrected chi connectivity index (χ1v) is 7.56. The molecule has 0 aromatic rings. The largest absolute Gasteiger partial charge is 0.507 e. The molecule has 0 aromatic heterocycles. The molecule has 2 fully saturated rings. The summed E-state index contributed by atoms with van der Waals surface area (Å²) in [5.74, 6) is 8.50. The van der Waals surface area contributed by atoms with E-state index >= 15 is 0 Å². The highest BCUT2D eigenvalue weighted by Crippen LogP contribution is 2.46. The van der Waals surface area contributed by atoms with Crippen LogP contribution < -0.4 is 11.8 Å². The molecule has 124 valence electrons. The number of aliphatic hydroxyl groups is 2. The maximum Gasteiger partial charge on any atom is 0.507 e. The molecule has 12 heteroatoms. The molecule has 0 unspecified atom stereocenters. The molecule has 0 spiro atoms. The lowest BCUT2D eigenvalue weighted by molar-refractivity contribution is -0.227. The summed E-state index contributed by atoms with van der Waals surface area (Å²) in [5.41, 5.74) is 0. The minimum atomic E-state index is -4.14. The second-order valence-electron chi connectivity index (χ2n) is 5.08. The van der Waals surface area contributed by atoms with E-state index in [0.717, 1.165) is 0 Å². The molecule has 11 nitrogen and oxygen atoms in total. The van der Waals surface area contributed by atoms with Gasteiger partial charge in [0.25, 0.3) is 0 Å². The molecule has 0 radical (unpaired) electrons. The molecular formula is C9H19N2O9P. The predicted octanol–water partition coefficient (Wildman–Crippen LogP) is -1.51. The van der Waals surface area contributed by atoms with Crippen LogP contribution in [-0.4, -0.2) is 53.3 Å². The Labute approximate surface area is 120 Å². The first-order chi connectivity index (χ1) is 9.71. The Morgan fingerprint density at radius 2 is 1.95 bits per heavy atom. The number of phosphoric acid groups is 1. The van der Waals surface area contributed by atoms with Crippen molar-refractivity contribution in [3.05, 3.63) is 0 Å². The summed E-state index contributed by atoms with van der Waals surface area (Å²) in [5, 5.41) is 20.0. The summed E-state index contributed by atoms with van der Waals surface area (Å²) in [4.78, 5) is 0. The summed E-state index contributed by atoms with van der Waals surface area (Å²) in [7, 11) is -4.14. The van der Waals surface area contributed by atoms with Crippen molar-refractivity contribution in [2.45, 2.75) is 50.3 Å². The molecular weight excluding hydrogens is 311 g/mol. The first-order valence-electron chi connectivity index (χ1n) is 6.10. The summed E-state index contributed by atoms with van der Waals surface area (Å²) in [6.07, 6.45) is -5.16. The number of ether oxygens (including phenoxy) is 3. The van der Waals surface area contributed by atoms with Crippen LogP contribution in [0.1, 0.15) is 13.8 Å². The van der Waals surface area contributed by atoms with Gasteiger partial charge in [-0.05, 0) is 13.8 Å². The van der Waals surface area contributed by atoms with Gasteiger partial charge in [0.05, 0.1) is 6.61 Å². The molecule has 2 rings (SSSR count). The zero-order valence-corrected chi connectivity index (χ0v) is 12.3. The van der Waals surface area contributed by atoms with Gasteiger partial charge in [-0.1, -0.05) is 0 Å². The van der Waals surface area contributed by atoms with Gasteiger partial charge in [0.1, 0.15) is 24.4 Å². The van der Waals surface area contributed by atoms with E-state index in [2.05, 4.69) is 13.8 Å². The SMILES string of the molecule is CC1(C)O[C@H]2O[C@H]([C@H](O)COP(=O)(ON)ON)[C@@H](O)[C@H]2O1. The third-order valence-electron chi connectivity index (χ3n) is 3.09. The number of nitrogens with two attached hydrogens (primary N) is 2. The van der Waals surface area contributed by atoms with Gasteiger partial charge in [-0.15, -0.1) is 0 Å². The molecule has 2 aliphatic rings. The van der Waals surface area contributed by atoms with Crippen LogP contribution in [0.4, 0.5) is 0 Å². The molecule has 2 heterocycles. The van der Waals surface area contributed by atoms with Gasteiger partial charge in [-0.25, -0.2) is 16.4 Å². The predicted molar refractivity (Wildman–Crippen MR) is 64.8 cm³/mol. The number of hydrogen-bond acceptors (Lipinski definition) is 11. The maximum absolute atomic E-state index is 11.5. The quantitative estimate of drug-likeness (QED) is 0.330. The van der Waals surface area contributed by atoms with Crippen molar-refractivity contribution in [2.24, 2.45) is 11.8 Å². The first kappa shape index (κ1) is 17.2. The summed E-state index contributed by atoms with van der Waals surface area (Å²) in [6.45, 7) is 2.78. The van der Waals surface area contributed by atoms with E-state index in [4.69, 9.17) is 26.0 Å². The number of rotatable bonds is 6. The Morgan fingerprint density at radius 3 is 2.48 bits per heavy atom. The highest BCUT2D eigenvalue weighted by Gasteiger charge is 2.56. The number of hydrogen-bond donors (Lipinski definition) is 4. The lowest BCUT2D eigenvalue weighted by Gasteiger charge is -2.26. The molecule has 0 aromatic carbocycles. The molecule has 0 aliphatic carbocycles. The van der Waals surface area contributed by atoms with Gasteiger partial charge in [0.15, 0.2) is 12.1 Å². The standard InChI is InChI=1S/C9H19N2O9P/c1-9(2)17-7-5(13)6(16-8(7)18-9)4(12)3-15-21(14,19-10)20-11/h4-8,12-13H,3,10-11H2,1-2H3/t4-,5-,6-,7-,8-/m1/s1. The average molecular weight is 330 g/mol. The van der Waals surface area contributed by atoms with Crippen LogP contribution in [0.2, 0.25) is 0 Å². The smallest absolute Gasteiger partial charge is 0.388 e. The van der Waals surface area contributed by atoms with Crippen LogP contribution in [0.25, 0.3) is 0 Å². The van der Waals surface area contributed by atoms with E-state index in [0.29, 0.717) is 0 Å². The fraction of sp³-hybridized carbons (Fsp3) is 1.00. The molecule has 0 amide bonds. The third-order valence-corrected chi connectivity index (χ3v) is 4.08. The van der Waals surface area contributed by atoms with Crippen molar-refractivity contribution < 1.29 is 42.8 Å². The lowest BCUT2D eigenvalue weighted by atomic mass is 10.1. The van der Waals surface area contributed by atoms with Crippen molar-refractivity contribution in [3.8, 4) is 0 Å². The summed E-state index contributed by atoms with van der Waals surface area (Å²) < 4.78 is 40.2. The van der Waals surface area contributed by atoms with Crippen LogP contribution in [-0.2, 0) is 32.5 Å². The molecule has 5 atom stereocenters. The molecule has 21 heavy (non-hydrogen) atoms. The van der Waals surface area contributed by atoms with Crippen LogP contribution in [0.15, 0.2) is 0 Å². The Bertz CT molecular complexity index is 414. The minimum Gasteiger partial charge on any atom is -0.388 e. The van der Waals surface area contributed by atoms with Gasteiger partial charge in [-0.2, -0.15) is 9.25 Å². The van der Waals surface area contributed by atoms with E-state index in [1.54, 1.807) is 13.8 Å². The Morgan fingerprint density at radius 1 is 1.33 bits per heavy atom. The fourth-order valence-electron chi connectivity index (χ4n) is 2.18. The Kier molecular flexibility index (Phi) is 5.03. The zero-order valence-electron chi connectivity index (χ0n) is 11.4. The Hall–Kier alpha value is -0.170. The highest BCUT2D eigenvalue weighted by atomic mass is 31.2. The van der Waals surface area contributed by atoms with Crippen molar-refractivity contribution in [1.29, 1.82) is 0 Å². The van der Waals surface area contributed by atoms with Crippen LogP contribution in [0.5, 0.6) is 0 Å². The van der Waals surface area contributed by atoms with E-state index in [-0.39, 0.29) is 0 Å². The van der Waals surface area contributed by atoms with E-state index in [1.165, 1.54) is 0 Å².